The van der Waals surface area contributed by atoms with E-state index < -0.39 is 17.6 Å². The van der Waals surface area contributed by atoms with E-state index in [1.807, 2.05) is 6.92 Å². The summed E-state index contributed by atoms with van der Waals surface area (Å²) in [6.45, 7) is 1.91. The summed E-state index contributed by atoms with van der Waals surface area (Å²) in [6, 6.07) is 2.48. The Morgan fingerprint density at radius 1 is 1.15 bits per heavy atom. The molecule has 0 heterocycles. The lowest BCUT2D eigenvalue weighted by molar-refractivity contribution is -0.137. The summed E-state index contributed by atoms with van der Waals surface area (Å²) in [5.41, 5.74) is -0.879. The molecule has 20 heavy (non-hydrogen) atoms. The molecule has 1 aliphatic rings. The van der Waals surface area contributed by atoms with Crippen molar-refractivity contribution in [3.05, 3.63) is 29.6 Å². The molecule has 0 saturated heterocycles. The van der Waals surface area contributed by atoms with E-state index in [4.69, 9.17) is 0 Å². The number of benzene rings is 1. The standard InChI is InChI=1S/C15H19F4N/c1-10(11-5-3-2-4-6-11)20-14-9-12(15(17,18)19)7-8-13(14)16/h7-11,20H,2-6H2,1H3. The molecule has 1 N–H and O–H groups in total. The van der Waals surface area contributed by atoms with Gasteiger partial charge in [0.15, 0.2) is 0 Å². The van der Waals surface area contributed by atoms with Crippen molar-refractivity contribution >= 4 is 5.69 Å². The Morgan fingerprint density at radius 3 is 2.40 bits per heavy atom. The second-order valence-electron chi connectivity index (χ2n) is 5.52. The molecule has 1 saturated carbocycles. The van der Waals surface area contributed by atoms with Gasteiger partial charge in [0.05, 0.1) is 11.3 Å². The highest BCUT2D eigenvalue weighted by molar-refractivity contribution is 5.48. The number of alkyl halides is 3. The lowest BCUT2D eigenvalue weighted by atomic mass is 9.84. The molecular formula is C15H19F4N. The van der Waals surface area contributed by atoms with Crippen LogP contribution >= 0.6 is 0 Å². The zero-order chi connectivity index (χ0) is 14.8. The van der Waals surface area contributed by atoms with Gasteiger partial charge in [-0.3, -0.25) is 0 Å². The highest BCUT2D eigenvalue weighted by Crippen LogP contribution is 2.33. The Bertz CT molecular complexity index is 450. The summed E-state index contributed by atoms with van der Waals surface area (Å²) in [5, 5.41) is 2.92. The highest BCUT2D eigenvalue weighted by Gasteiger charge is 2.31. The molecule has 0 bridgehead atoms. The van der Waals surface area contributed by atoms with Gasteiger partial charge in [-0.05, 0) is 43.9 Å². The Hall–Kier alpha value is -1.26. The van der Waals surface area contributed by atoms with Gasteiger partial charge in [0.25, 0.3) is 0 Å². The first kappa shape index (κ1) is 15.1. The van der Waals surface area contributed by atoms with E-state index in [0.29, 0.717) is 5.92 Å². The first-order chi connectivity index (χ1) is 9.38. The van der Waals surface area contributed by atoms with Crippen molar-refractivity contribution in [2.24, 2.45) is 5.92 Å². The van der Waals surface area contributed by atoms with Gasteiger partial charge in [-0.25, -0.2) is 4.39 Å². The Kier molecular flexibility index (Phi) is 4.55. The molecular weight excluding hydrogens is 270 g/mol. The summed E-state index contributed by atoms with van der Waals surface area (Å²) < 4.78 is 51.6. The molecule has 112 valence electrons. The molecule has 1 atom stereocenters. The van der Waals surface area contributed by atoms with Crippen LogP contribution in [0.25, 0.3) is 0 Å². The number of halogens is 4. The maximum Gasteiger partial charge on any atom is 0.416 e. The van der Waals surface area contributed by atoms with Crippen LogP contribution in [0.3, 0.4) is 0 Å². The van der Waals surface area contributed by atoms with E-state index in [0.717, 1.165) is 43.9 Å². The predicted molar refractivity (Wildman–Crippen MR) is 71.1 cm³/mol. The zero-order valence-corrected chi connectivity index (χ0v) is 11.4. The van der Waals surface area contributed by atoms with E-state index in [2.05, 4.69) is 5.32 Å². The first-order valence-corrected chi connectivity index (χ1v) is 7.01. The van der Waals surface area contributed by atoms with Gasteiger partial charge in [0.2, 0.25) is 0 Å². The van der Waals surface area contributed by atoms with Crippen LogP contribution in [0.1, 0.15) is 44.6 Å². The number of hydrogen-bond acceptors (Lipinski definition) is 1. The van der Waals surface area contributed by atoms with Crippen molar-refractivity contribution in [1.82, 2.24) is 0 Å². The molecule has 1 aromatic carbocycles. The van der Waals surface area contributed by atoms with E-state index in [1.54, 1.807) is 0 Å². The highest BCUT2D eigenvalue weighted by atomic mass is 19.4. The molecule has 0 spiro atoms. The van der Waals surface area contributed by atoms with Gasteiger partial charge in [0, 0.05) is 6.04 Å². The van der Waals surface area contributed by atoms with Crippen molar-refractivity contribution in [3.8, 4) is 0 Å². The quantitative estimate of drug-likeness (QED) is 0.752. The smallest absolute Gasteiger partial charge is 0.380 e. The normalized spacial score (nSPS) is 18.9. The monoisotopic (exact) mass is 289 g/mol. The second kappa shape index (κ2) is 6.02. The third-order valence-electron chi connectivity index (χ3n) is 4.03. The molecule has 1 aliphatic carbocycles. The number of hydrogen-bond donors (Lipinski definition) is 1. The molecule has 1 nitrogen and oxygen atoms in total. The van der Waals surface area contributed by atoms with E-state index in [-0.39, 0.29) is 11.7 Å². The second-order valence-corrected chi connectivity index (χ2v) is 5.52. The van der Waals surface area contributed by atoms with Gasteiger partial charge in [-0.15, -0.1) is 0 Å². The predicted octanol–water partition coefficient (Wildman–Crippen LogP) is 5.23. The van der Waals surface area contributed by atoms with Crippen LogP contribution in [-0.2, 0) is 6.18 Å². The van der Waals surface area contributed by atoms with Crippen LogP contribution in [0, 0.1) is 11.7 Å². The van der Waals surface area contributed by atoms with E-state index >= 15 is 0 Å². The Labute approximate surface area is 116 Å². The zero-order valence-electron chi connectivity index (χ0n) is 11.4. The van der Waals surface area contributed by atoms with Crippen molar-refractivity contribution < 1.29 is 17.6 Å². The number of rotatable bonds is 3. The molecule has 0 aromatic heterocycles. The van der Waals surface area contributed by atoms with Gasteiger partial charge >= 0.3 is 6.18 Å². The molecule has 0 aliphatic heterocycles. The van der Waals surface area contributed by atoms with Crippen LogP contribution in [0.4, 0.5) is 23.2 Å². The van der Waals surface area contributed by atoms with Crippen molar-refractivity contribution in [2.45, 2.75) is 51.2 Å². The van der Waals surface area contributed by atoms with Crippen molar-refractivity contribution in [3.63, 3.8) is 0 Å². The van der Waals surface area contributed by atoms with E-state index in [9.17, 15) is 17.6 Å². The summed E-state index contributed by atoms with van der Waals surface area (Å²) in [5.74, 6) is -0.238. The number of anilines is 1. The van der Waals surface area contributed by atoms with Gasteiger partial charge < -0.3 is 5.32 Å². The topological polar surface area (TPSA) is 12.0 Å². The maximum atomic E-state index is 13.7. The average molecular weight is 289 g/mol. The molecule has 2 rings (SSSR count). The van der Waals surface area contributed by atoms with Crippen LogP contribution in [0.5, 0.6) is 0 Å². The van der Waals surface area contributed by atoms with Gasteiger partial charge in [0.1, 0.15) is 5.82 Å². The van der Waals surface area contributed by atoms with Crippen LogP contribution in [-0.4, -0.2) is 6.04 Å². The molecule has 0 radical (unpaired) electrons. The molecule has 1 fully saturated rings. The van der Waals surface area contributed by atoms with Crippen LogP contribution in [0.2, 0.25) is 0 Å². The Balaban J connectivity index is 2.11. The van der Waals surface area contributed by atoms with Gasteiger partial charge in [-0.1, -0.05) is 19.3 Å². The number of nitrogens with one attached hydrogen (secondary N) is 1. The fourth-order valence-corrected chi connectivity index (χ4v) is 2.81. The van der Waals surface area contributed by atoms with Crippen LogP contribution in [0.15, 0.2) is 18.2 Å². The summed E-state index contributed by atoms with van der Waals surface area (Å²) in [7, 11) is 0. The fourth-order valence-electron chi connectivity index (χ4n) is 2.81. The molecule has 0 amide bonds. The third kappa shape index (κ3) is 3.64. The molecule has 5 heteroatoms. The third-order valence-corrected chi connectivity index (χ3v) is 4.03. The maximum absolute atomic E-state index is 13.7. The van der Waals surface area contributed by atoms with Gasteiger partial charge in [-0.2, -0.15) is 13.2 Å². The lowest BCUT2D eigenvalue weighted by Crippen LogP contribution is -2.28. The largest absolute Gasteiger partial charge is 0.416 e. The lowest BCUT2D eigenvalue weighted by Gasteiger charge is -2.29. The minimum atomic E-state index is -4.45. The van der Waals surface area contributed by atoms with Crippen LogP contribution < -0.4 is 5.32 Å². The summed E-state index contributed by atoms with van der Waals surface area (Å²) >= 11 is 0. The Morgan fingerprint density at radius 2 is 1.80 bits per heavy atom. The van der Waals surface area contributed by atoms with Crippen molar-refractivity contribution in [2.75, 3.05) is 5.32 Å². The fraction of sp³-hybridized carbons (Fsp3) is 0.600. The molecule has 1 unspecified atom stereocenters. The minimum absolute atomic E-state index is 0.0201. The van der Waals surface area contributed by atoms with Crippen molar-refractivity contribution in [1.29, 1.82) is 0 Å². The van der Waals surface area contributed by atoms with E-state index in [1.165, 1.54) is 6.42 Å². The summed E-state index contributed by atoms with van der Waals surface area (Å²) in [6.07, 6.45) is 1.15. The summed E-state index contributed by atoms with van der Waals surface area (Å²) in [4.78, 5) is 0. The SMILES string of the molecule is CC(Nc1cc(C(F)(F)F)ccc1F)C1CCCCC1. The molecule has 1 aromatic rings. The first-order valence-electron chi connectivity index (χ1n) is 7.01. The minimum Gasteiger partial charge on any atom is -0.380 e. The average Bonchev–Trinajstić information content (AvgIpc) is 2.41.